The summed E-state index contributed by atoms with van der Waals surface area (Å²) in [5.41, 5.74) is 0. The molecule has 0 aromatic carbocycles. The van der Waals surface area contributed by atoms with Crippen molar-refractivity contribution < 1.29 is 39.4 Å². The first-order valence-corrected chi connectivity index (χ1v) is 4.31. The molecule has 12 heavy (non-hydrogen) atoms. The van der Waals surface area contributed by atoms with E-state index >= 15 is 0 Å². The van der Waals surface area contributed by atoms with Crippen molar-refractivity contribution in [1.29, 1.82) is 0 Å². The van der Waals surface area contributed by atoms with E-state index in [9.17, 15) is 5.11 Å². The molecule has 3 nitrogen and oxygen atoms in total. The maximum atomic E-state index is 10.1. The molecule has 1 saturated heterocycles. The molecule has 0 unspecified atom stereocenters. The number of nitrogens with zero attached hydrogens (tertiary/aromatic N) is 1. The van der Waals surface area contributed by atoms with Crippen LogP contribution in [0.1, 0.15) is 12.8 Å². The van der Waals surface area contributed by atoms with Crippen LogP contribution in [0.2, 0.25) is 0 Å². The van der Waals surface area contributed by atoms with E-state index in [1.54, 1.807) is 0 Å². The van der Waals surface area contributed by atoms with Crippen LogP contribution in [0.4, 0.5) is 0 Å². The molecule has 1 heterocycles. The third-order valence-corrected chi connectivity index (χ3v) is 1.97. The summed E-state index contributed by atoms with van der Waals surface area (Å²) in [6.45, 7) is 4.95. The van der Waals surface area contributed by atoms with Gasteiger partial charge in [0.15, 0.2) is 0 Å². The van der Waals surface area contributed by atoms with Crippen molar-refractivity contribution in [2.75, 3.05) is 39.5 Å². The van der Waals surface area contributed by atoms with Gasteiger partial charge in [0.05, 0.1) is 13.2 Å². The number of ether oxygens (including phenoxy) is 1. The van der Waals surface area contributed by atoms with Gasteiger partial charge in [-0.25, -0.2) is 0 Å². The molecule has 0 amide bonds. The zero-order chi connectivity index (χ0) is 7.94. The first kappa shape index (κ1) is 12.9. The van der Waals surface area contributed by atoms with Crippen LogP contribution in [0, 0.1) is 0 Å². The van der Waals surface area contributed by atoms with E-state index in [0.717, 1.165) is 45.7 Å². The molecule has 1 aliphatic rings. The summed E-state index contributed by atoms with van der Waals surface area (Å²) in [6, 6.07) is 0. The average Bonchev–Trinajstić information content (AvgIpc) is 2.07. The second-order valence-corrected chi connectivity index (χ2v) is 2.87. The van der Waals surface area contributed by atoms with Crippen molar-refractivity contribution >= 4 is 0 Å². The first-order chi connectivity index (χ1) is 5.43. The molecule has 1 aliphatic heterocycles. The van der Waals surface area contributed by atoms with Gasteiger partial charge in [-0.15, -0.1) is 6.61 Å². The SMILES string of the molecule is [Na+].[O-]CCCCN1CCOCC1. The molecule has 0 aromatic heterocycles. The molecule has 1 fully saturated rings. The minimum absolute atomic E-state index is 0. The zero-order valence-corrected chi connectivity index (χ0v) is 9.92. The molecule has 66 valence electrons. The predicted molar refractivity (Wildman–Crippen MR) is 41.4 cm³/mol. The Bertz CT molecular complexity index is 97.1. The Morgan fingerprint density at radius 3 is 2.42 bits per heavy atom. The summed E-state index contributed by atoms with van der Waals surface area (Å²) in [4.78, 5) is 2.36. The van der Waals surface area contributed by atoms with Crippen LogP contribution in [-0.2, 0) is 4.74 Å². The minimum Gasteiger partial charge on any atom is -0.854 e. The van der Waals surface area contributed by atoms with Crippen molar-refractivity contribution in [3.05, 3.63) is 0 Å². The van der Waals surface area contributed by atoms with Crippen molar-refractivity contribution in [3.63, 3.8) is 0 Å². The van der Waals surface area contributed by atoms with Crippen LogP contribution in [0.3, 0.4) is 0 Å². The Morgan fingerprint density at radius 1 is 1.17 bits per heavy atom. The topological polar surface area (TPSA) is 35.5 Å². The molecule has 0 saturated carbocycles. The summed E-state index contributed by atoms with van der Waals surface area (Å²) in [7, 11) is 0. The van der Waals surface area contributed by atoms with Gasteiger partial charge in [0.2, 0.25) is 0 Å². The normalized spacial score (nSPS) is 18.8. The van der Waals surface area contributed by atoms with E-state index in [1.165, 1.54) is 0 Å². The predicted octanol–water partition coefficient (Wildman–Crippen LogP) is -3.54. The van der Waals surface area contributed by atoms with Crippen molar-refractivity contribution in [2.45, 2.75) is 12.8 Å². The number of morpholine rings is 1. The molecule has 0 N–H and O–H groups in total. The minimum atomic E-state index is 0. The van der Waals surface area contributed by atoms with Crippen molar-refractivity contribution in [1.82, 2.24) is 4.90 Å². The van der Waals surface area contributed by atoms with E-state index in [-0.39, 0.29) is 36.2 Å². The van der Waals surface area contributed by atoms with Gasteiger partial charge in [0.1, 0.15) is 0 Å². The van der Waals surface area contributed by atoms with Gasteiger partial charge in [-0.2, -0.15) is 0 Å². The Morgan fingerprint density at radius 2 is 1.83 bits per heavy atom. The fraction of sp³-hybridized carbons (Fsp3) is 1.00. The van der Waals surface area contributed by atoms with Gasteiger partial charge in [0.25, 0.3) is 0 Å². The van der Waals surface area contributed by atoms with Gasteiger partial charge in [0, 0.05) is 13.1 Å². The number of hydrogen-bond donors (Lipinski definition) is 0. The summed E-state index contributed by atoms with van der Waals surface area (Å²) in [6.07, 6.45) is 1.86. The zero-order valence-electron chi connectivity index (χ0n) is 7.92. The molecule has 0 atom stereocenters. The monoisotopic (exact) mass is 181 g/mol. The van der Waals surface area contributed by atoms with Crippen LogP contribution in [0.5, 0.6) is 0 Å². The van der Waals surface area contributed by atoms with Gasteiger partial charge in [-0.1, -0.05) is 6.42 Å². The average molecular weight is 181 g/mol. The maximum Gasteiger partial charge on any atom is 1.00 e. The van der Waals surface area contributed by atoms with Gasteiger partial charge in [-0.05, 0) is 13.0 Å². The van der Waals surface area contributed by atoms with Crippen molar-refractivity contribution in [3.8, 4) is 0 Å². The summed E-state index contributed by atoms with van der Waals surface area (Å²) >= 11 is 0. The molecule has 4 heteroatoms. The van der Waals surface area contributed by atoms with Gasteiger partial charge < -0.3 is 9.84 Å². The summed E-state index contributed by atoms with van der Waals surface area (Å²) in [5, 5.41) is 10.1. The van der Waals surface area contributed by atoms with E-state index in [2.05, 4.69) is 4.90 Å². The number of hydrogen-bond acceptors (Lipinski definition) is 3. The Labute approximate surface area is 96.4 Å². The van der Waals surface area contributed by atoms with Crippen LogP contribution < -0.4 is 34.7 Å². The molecule has 0 spiro atoms. The van der Waals surface area contributed by atoms with Crippen LogP contribution in [0.25, 0.3) is 0 Å². The molecular weight excluding hydrogens is 165 g/mol. The fourth-order valence-electron chi connectivity index (χ4n) is 1.26. The third kappa shape index (κ3) is 5.51. The molecule has 0 aliphatic carbocycles. The maximum absolute atomic E-state index is 10.1. The molecule has 1 rings (SSSR count). The van der Waals surface area contributed by atoms with E-state index in [1.807, 2.05) is 0 Å². The summed E-state index contributed by atoms with van der Waals surface area (Å²) < 4.78 is 5.20. The van der Waals surface area contributed by atoms with Crippen LogP contribution >= 0.6 is 0 Å². The standard InChI is InChI=1S/C8H16NO2.Na/c10-6-2-1-3-9-4-7-11-8-5-9;/h1-8H2;/q-1;+1. The van der Waals surface area contributed by atoms with E-state index in [4.69, 9.17) is 4.74 Å². The smallest absolute Gasteiger partial charge is 0.854 e. The Balaban J connectivity index is 0.00000121. The molecular formula is C8H16NNaO2. The Hall–Kier alpha value is 0.880. The van der Waals surface area contributed by atoms with E-state index in [0.29, 0.717) is 0 Å². The van der Waals surface area contributed by atoms with Crippen LogP contribution in [-0.4, -0.2) is 44.4 Å². The van der Waals surface area contributed by atoms with Crippen LogP contribution in [0.15, 0.2) is 0 Å². The quantitative estimate of drug-likeness (QED) is 0.333. The second kappa shape index (κ2) is 8.48. The summed E-state index contributed by atoms with van der Waals surface area (Å²) in [5.74, 6) is 0. The molecule has 0 aromatic rings. The van der Waals surface area contributed by atoms with Crippen molar-refractivity contribution in [2.24, 2.45) is 0 Å². The van der Waals surface area contributed by atoms with Gasteiger partial charge in [-0.3, -0.25) is 4.90 Å². The largest absolute Gasteiger partial charge is 1.00 e. The molecule has 0 bridgehead atoms. The first-order valence-electron chi connectivity index (χ1n) is 4.31. The van der Waals surface area contributed by atoms with Gasteiger partial charge >= 0.3 is 29.6 Å². The number of rotatable bonds is 4. The fourth-order valence-corrected chi connectivity index (χ4v) is 1.26. The third-order valence-electron chi connectivity index (χ3n) is 1.97. The number of unbranched alkanes of at least 4 members (excludes halogenated alkanes) is 1. The van der Waals surface area contributed by atoms with E-state index < -0.39 is 0 Å². The molecule has 0 radical (unpaired) electrons. The Kier molecular flexibility index (Phi) is 9.10. The second-order valence-electron chi connectivity index (χ2n) is 2.87.